The lowest BCUT2D eigenvalue weighted by molar-refractivity contribution is -0.139. The number of amides is 3. The lowest BCUT2D eigenvalue weighted by atomic mass is 9.63. The zero-order valence-corrected chi connectivity index (χ0v) is 22.0. The van der Waals surface area contributed by atoms with Gasteiger partial charge in [0.25, 0.3) is 0 Å². The number of aryl methyl sites for hydroxylation is 1. The third-order valence-electron chi connectivity index (χ3n) is 8.95. The predicted octanol–water partition coefficient (Wildman–Crippen LogP) is 4.82. The van der Waals surface area contributed by atoms with Crippen LogP contribution in [0.1, 0.15) is 18.4 Å². The van der Waals surface area contributed by atoms with Gasteiger partial charge in [-0.25, -0.2) is 4.90 Å². The lowest BCUT2D eigenvalue weighted by Gasteiger charge is -2.37. The molecular formula is C29H24Cl2N2O5. The van der Waals surface area contributed by atoms with E-state index in [1.165, 1.54) is 9.80 Å². The first kappa shape index (κ1) is 23.9. The van der Waals surface area contributed by atoms with Gasteiger partial charge in [-0.15, -0.1) is 0 Å². The molecule has 7 nitrogen and oxygen atoms in total. The van der Waals surface area contributed by atoms with E-state index in [0.29, 0.717) is 44.6 Å². The Morgan fingerprint density at radius 3 is 2.26 bits per heavy atom. The van der Waals surface area contributed by atoms with Crippen molar-refractivity contribution < 1.29 is 23.9 Å². The summed E-state index contributed by atoms with van der Waals surface area (Å²) in [5.41, 5.74) is 1.65. The van der Waals surface area contributed by atoms with Gasteiger partial charge in [-0.3, -0.25) is 19.2 Å². The van der Waals surface area contributed by atoms with Crippen molar-refractivity contribution in [2.24, 2.45) is 41.4 Å². The van der Waals surface area contributed by atoms with Crippen molar-refractivity contribution in [3.63, 3.8) is 0 Å². The summed E-state index contributed by atoms with van der Waals surface area (Å²) in [4.78, 5) is 55.3. The number of esters is 1. The maximum absolute atomic E-state index is 13.4. The van der Waals surface area contributed by atoms with E-state index in [9.17, 15) is 19.2 Å². The molecule has 2 saturated carbocycles. The van der Waals surface area contributed by atoms with Crippen LogP contribution in [0.2, 0.25) is 10.0 Å². The molecule has 7 atom stereocenters. The summed E-state index contributed by atoms with van der Waals surface area (Å²) >= 11 is 12.3. The van der Waals surface area contributed by atoms with Crippen LogP contribution >= 0.6 is 23.2 Å². The summed E-state index contributed by atoms with van der Waals surface area (Å²) in [6, 6.07) is 9.75. The number of benzene rings is 2. The maximum Gasteiger partial charge on any atom is 0.316 e. The molecule has 0 unspecified atom stereocenters. The zero-order valence-electron chi connectivity index (χ0n) is 20.5. The molecule has 3 amide bonds. The van der Waals surface area contributed by atoms with Crippen LogP contribution < -0.4 is 14.5 Å². The van der Waals surface area contributed by atoms with Crippen molar-refractivity contribution >= 4 is 58.3 Å². The minimum absolute atomic E-state index is 0.00332. The molecule has 2 aromatic carbocycles. The van der Waals surface area contributed by atoms with Gasteiger partial charge in [0.1, 0.15) is 5.75 Å². The zero-order chi connectivity index (χ0) is 26.5. The minimum atomic E-state index is -0.670. The highest BCUT2D eigenvalue weighted by atomic mass is 35.5. The highest BCUT2D eigenvalue weighted by Gasteiger charge is 2.67. The van der Waals surface area contributed by atoms with Crippen molar-refractivity contribution in [1.82, 2.24) is 0 Å². The first-order valence-electron chi connectivity index (χ1n) is 12.9. The van der Waals surface area contributed by atoms with E-state index >= 15 is 0 Å². The number of halogens is 2. The van der Waals surface area contributed by atoms with E-state index in [2.05, 4.69) is 12.2 Å². The van der Waals surface area contributed by atoms with Crippen LogP contribution in [-0.4, -0.2) is 30.2 Å². The molecule has 4 aliphatic carbocycles. The normalized spacial score (nSPS) is 32.6. The van der Waals surface area contributed by atoms with Crippen LogP contribution in [0.4, 0.5) is 11.4 Å². The highest BCUT2D eigenvalue weighted by molar-refractivity contribution is 6.36. The molecule has 38 heavy (non-hydrogen) atoms. The Morgan fingerprint density at radius 2 is 1.61 bits per heavy atom. The first-order valence-corrected chi connectivity index (χ1v) is 13.6. The number of carbonyl (C=O) groups is 4. The van der Waals surface area contributed by atoms with Crippen LogP contribution in [-0.2, 0) is 19.2 Å². The van der Waals surface area contributed by atoms with Crippen molar-refractivity contribution in [1.29, 1.82) is 0 Å². The van der Waals surface area contributed by atoms with Crippen molar-refractivity contribution in [2.75, 3.05) is 16.3 Å². The third kappa shape index (κ3) is 3.48. The van der Waals surface area contributed by atoms with Gasteiger partial charge in [0.05, 0.1) is 34.2 Å². The van der Waals surface area contributed by atoms with Crippen LogP contribution in [0.5, 0.6) is 5.75 Å². The van der Waals surface area contributed by atoms with Crippen LogP contribution in [0, 0.1) is 48.3 Å². The van der Waals surface area contributed by atoms with Crippen molar-refractivity contribution in [2.45, 2.75) is 19.8 Å². The van der Waals surface area contributed by atoms with Crippen LogP contribution in [0.15, 0.2) is 48.6 Å². The molecule has 194 valence electrons. The third-order valence-corrected chi connectivity index (χ3v) is 9.50. The molecule has 9 heteroatoms. The van der Waals surface area contributed by atoms with Crippen molar-refractivity contribution in [3.05, 3.63) is 64.2 Å². The Morgan fingerprint density at radius 1 is 0.921 bits per heavy atom. The van der Waals surface area contributed by atoms with E-state index in [4.69, 9.17) is 27.9 Å². The molecule has 2 saturated heterocycles. The largest absolute Gasteiger partial charge is 0.426 e. The molecule has 0 spiro atoms. The Hall–Kier alpha value is -3.16. The fraction of sp³-hybridized carbons (Fsp3) is 0.379. The fourth-order valence-electron chi connectivity index (χ4n) is 7.13. The second-order valence-corrected chi connectivity index (χ2v) is 11.9. The highest BCUT2D eigenvalue weighted by Crippen LogP contribution is 2.65. The molecule has 0 aromatic heterocycles. The number of imide groups is 1. The smallest absolute Gasteiger partial charge is 0.316 e. The lowest BCUT2D eigenvalue weighted by Crippen LogP contribution is -2.40. The summed E-state index contributed by atoms with van der Waals surface area (Å²) in [7, 11) is 0. The Labute approximate surface area is 229 Å². The Bertz CT molecular complexity index is 1430. The predicted molar refractivity (Wildman–Crippen MR) is 141 cm³/mol. The van der Waals surface area contributed by atoms with E-state index < -0.39 is 11.9 Å². The number of allylic oxidation sites excluding steroid dienone is 2. The van der Waals surface area contributed by atoms with E-state index in [0.717, 1.165) is 6.42 Å². The Balaban J connectivity index is 1.07. The maximum atomic E-state index is 13.4. The average molecular weight is 551 g/mol. The van der Waals surface area contributed by atoms with Gasteiger partial charge in [-0.1, -0.05) is 35.4 Å². The van der Waals surface area contributed by atoms with E-state index in [1.807, 2.05) is 0 Å². The second-order valence-electron chi connectivity index (χ2n) is 11.0. The average Bonchev–Trinajstić information content (AvgIpc) is 3.57. The summed E-state index contributed by atoms with van der Waals surface area (Å²) in [5.74, 6) is -0.535. The standard InChI is InChI=1S/C29H24Cl2N2O5/c1-13-8-16(38-29(37)14-9-24(34)32(12-14)23-10-15(30)2-6-21(23)31)3-7-22(13)33-27(35)25-17-4-5-18(20-11-19(17)20)26(25)28(33)36/h2-8,10,14,17-20,25-26H,9,11-12H2,1H3/t14-,17+,18+,19+,20+,25-,26+/m1/s1. The quantitative estimate of drug-likeness (QED) is 0.236. The first-order chi connectivity index (χ1) is 18.2. The number of hydrogen-bond donors (Lipinski definition) is 0. The number of anilines is 2. The molecular weight excluding hydrogens is 527 g/mol. The fourth-order valence-corrected chi connectivity index (χ4v) is 7.51. The molecule has 6 aliphatic rings. The van der Waals surface area contributed by atoms with E-state index in [1.54, 1.807) is 43.3 Å². The molecule has 4 fully saturated rings. The van der Waals surface area contributed by atoms with Gasteiger partial charge in [0, 0.05) is 18.0 Å². The Kier molecular flexibility index (Phi) is 5.30. The van der Waals surface area contributed by atoms with Gasteiger partial charge in [0.15, 0.2) is 0 Å². The number of ether oxygens (including phenoxy) is 1. The van der Waals surface area contributed by atoms with Crippen molar-refractivity contribution in [3.8, 4) is 5.75 Å². The van der Waals surface area contributed by atoms with Gasteiger partial charge < -0.3 is 9.64 Å². The number of carbonyl (C=O) groups excluding carboxylic acids is 4. The summed E-state index contributed by atoms with van der Waals surface area (Å²) in [6.45, 7) is 1.92. The molecule has 2 aliphatic heterocycles. The van der Waals surface area contributed by atoms with Gasteiger partial charge in [-0.2, -0.15) is 0 Å². The number of nitrogens with zero attached hydrogens (tertiary/aromatic N) is 2. The minimum Gasteiger partial charge on any atom is -0.426 e. The monoisotopic (exact) mass is 550 g/mol. The van der Waals surface area contributed by atoms with E-state index in [-0.39, 0.29) is 54.4 Å². The summed E-state index contributed by atoms with van der Waals surface area (Å²) in [5, 5.41) is 0.809. The van der Waals surface area contributed by atoms with Gasteiger partial charge in [-0.05, 0) is 79.0 Å². The van der Waals surface area contributed by atoms with Gasteiger partial charge >= 0.3 is 5.97 Å². The molecule has 8 rings (SSSR count). The number of rotatable bonds is 4. The number of hydrogen-bond acceptors (Lipinski definition) is 5. The SMILES string of the molecule is Cc1cc(OC(=O)[C@@H]2CC(=O)N(c3cc(Cl)ccc3Cl)C2)ccc1N1C(=O)[C@@H]2[C@H]3C=C[C@@H]([C@@H]4C[C@@H]34)[C@@H]2C1=O. The van der Waals surface area contributed by atoms with Crippen LogP contribution in [0.25, 0.3) is 0 Å². The topological polar surface area (TPSA) is 84.0 Å². The summed E-state index contributed by atoms with van der Waals surface area (Å²) in [6.07, 6.45) is 5.42. The van der Waals surface area contributed by atoms with Crippen LogP contribution in [0.3, 0.4) is 0 Å². The summed E-state index contributed by atoms with van der Waals surface area (Å²) < 4.78 is 5.62. The van der Waals surface area contributed by atoms with Gasteiger partial charge in [0.2, 0.25) is 17.7 Å². The molecule has 2 bridgehead atoms. The molecule has 2 aromatic rings. The second kappa shape index (κ2) is 8.42. The molecule has 2 heterocycles. The molecule has 0 radical (unpaired) electrons. The molecule has 0 N–H and O–H groups in total.